The quantitative estimate of drug-likeness (QED) is 0.510. The number of carbonyl (C=O) groups is 1. The van der Waals surface area contributed by atoms with Crippen LogP contribution in [0.5, 0.6) is 17.2 Å². The fraction of sp³-hybridized carbons (Fsp3) is 0.222. The van der Waals surface area contributed by atoms with Crippen LogP contribution in [0, 0.1) is 0 Å². The summed E-state index contributed by atoms with van der Waals surface area (Å²) in [5.74, 6) is -1.10. The van der Waals surface area contributed by atoms with Crippen molar-refractivity contribution in [1.29, 1.82) is 0 Å². The van der Waals surface area contributed by atoms with Crippen molar-refractivity contribution >= 4 is 5.78 Å². The summed E-state index contributed by atoms with van der Waals surface area (Å²) in [4.78, 5) is 11.4. The molecule has 0 radical (unpaired) electrons. The van der Waals surface area contributed by atoms with Gasteiger partial charge in [0.2, 0.25) is 0 Å². The zero-order chi connectivity index (χ0) is 10.3. The third-order valence-electron chi connectivity index (χ3n) is 2.04. The number of aromatic hydroxyl groups is 2. The van der Waals surface area contributed by atoms with Gasteiger partial charge in [0, 0.05) is 6.07 Å². The van der Waals surface area contributed by atoms with Gasteiger partial charge in [-0.3, -0.25) is 4.79 Å². The molecule has 0 fully saturated rings. The van der Waals surface area contributed by atoms with Gasteiger partial charge in [0.15, 0.2) is 23.4 Å². The van der Waals surface area contributed by atoms with Crippen molar-refractivity contribution in [2.45, 2.75) is 6.10 Å². The molecule has 14 heavy (non-hydrogen) atoms. The van der Waals surface area contributed by atoms with Crippen LogP contribution in [0.3, 0.4) is 0 Å². The highest BCUT2D eigenvalue weighted by Crippen LogP contribution is 2.35. The number of ether oxygens (including phenoxy) is 1. The molecule has 1 aromatic carbocycles. The Labute approximate surface area is 79.2 Å². The number of hydrogen-bond acceptors (Lipinski definition) is 5. The lowest BCUT2D eigenvalue weighted by Gasteiger charge is -2.20. The summed E-state index contributed by atoms with van der Waals surface area (Å²) in [6, 6.07) is 2.23. The summed E-state index contributed by atoms with van der Waals surface area (Å²) in [5, 5.41) is 27.4. The molecule has 3 N–H and O–H groups in total. The Kier molecular flexibility index (Phi) is 1.82. The van der Waals surface area contributed by atoms with Gasteiger partial charge in [-0.05, 0) is 6.07 Å². The third-order valence-corrected chi connectivity index (χ3v) is 2.04. The summed E-state index contributed by atoms with van der Waals surface area (Å²) in [6.07, 6.45) is -1.20. The number of fused-ring (bicyclic) bond motifs is 1. The fourth-order valence-electron chi connectivity index (χ4n) is 1.29. The standard InChI is InChI=1S/C9H8O5/c10-5-1-4-8(2-6(5)11)14-3-7(12)9(4)13/h1-2,7,10-12H,3H2. The first-order chi connectivity index (χ1) is 6.59. The van der Waals surface area contributed by atoms with Gasteiger partial charge in [0.1, 0.15) is 12.4 Å². The Morgan fingerprint density at radius 2 is 1.93 bits per heavy atom. The van der Waals surface area contributed by atoms with E-state index in [0.717, 1.165) is 12.1 Å². The van der Waals surface area contributed by atoms with E-state index in [9.17, 15) is 4.79 Å². The molecule has 1 unspecified atom stereocenters. The number of benzene rings is 1. The number of hydrogen-bond donors (Lipinski definition) is 3. The summed E-state index contributed by atoms with van der Waals surface area (Å²) >= 11 is 0. The van der Waals surface area contributed by atoms with Crippen LogP contribution in [0.2, 0.25) is 0 Å². The second-order valence-electron chi connectivity index (χ2n) is 3.03. The smallest absolute Gasteiger partial charge is 0.198 e. The molecule has 0 saturated heterocycles. The van der Waals surface area contributed by atoms with Crippen LogP contribution in [0.15, 0.2) is 12.1 Å². The predicted molar refractivity (Wildman–Crippen MR) is 45.6 cm³/mol. The van der Waals surface area contributed by atoms with Crippen LogP contribution in [0.1, 0.15) is 10.4 Å². The molecule has 0 aliphatic carbocycles. The van der Waals surface area contributed by atoms with E-state index in [0.29, 0.717) is 0 Å². The molecule has 5 nitrogen and oxygen atoms in total. The van der Waals surface area contributed by atoms with Crippen LogP contribution in [0.25, 0.3) is 0 Å². The van der Waals surface area contributed by atoms with Gasteiger partial charge in [-0.15, -0.1) is 0 Å². The second-order valence-corrected chi connectivity index (χ2v) is 3.03. The average molecular weight is 196 g/mol. The minimum atomic E-state index is -1.20. The zero-order valence-electron chi connectivity index (χ0n) is 7.10. The van der Waals surface area contributed by atoms with Gasteiger partial charge >= 0.3 is 0 Å². The van der Waals surface area contributed by atoms with E-state index in [4.69, 9.17) is 20.1 Å². The Hall–Kier alpha value is -1.75. The molecular weight excluding hydrogens is 188 g/mol. The second kappa shape index (κ2) is 2.88. The van der Waals surface area contributed by atoms with Crippen LogP contribution < -0.4 is 4.74 Å². The Balaban J connectivity index is 2.56. The largest absolute Gasteiger partial charge is 0.504 e. The van der Waals surface area contributed by atoms with E-state index in [-0.39, 0.29) is 23.7 Å². The molecule has 0 bridgehead atoms. The average Bonchev–Trinajstić information content (AvgIpc) is 2.15. The van der Waals surface area contributed by atoms with Gasteiger partial charge in [0.05, 0.1) is 5.56 Å². The number of Topliss-reactive ketones (excluding diaryl/α,β-unsaturated/α-hetero) is 1. The topological polar surface area (TPSA) is 87.0 Å². The van der Waals surface area contributed by atoms with E-state index in [1.165, 1.54) is 0 Å². The first-order valence-electron chi connectivity index (χ1n) is 4.00. The zero-order valence-corrected chi connectivity index (χ0v) is 7.10. The van der Waals surface area contributed by atoms with Crippen molar-refractivity contribution < 1.29 is 24.9 Å². The number of phenols is 2. The van der Waals surface area contributed by atoms with Crippen LogP contribution in [-0.2, 0) is 0 Å². The predicted octanol–water partition coefficient (Wildman–Crippen LogP) is 0.0338. The van der Waals surface area contributed by atoms with Crippen molar-refractivity contribution in [2.24, 2.45) is 0 Å². The van der Waals surface area contributed by atoms with Crippen molar-refractivity contribution in [3.8, 4) is 17.2 Å². The van der Waals surface area contributed by atoms with Gasteiger partial charge in [-0.1, -0.05) is 0 Å². The van der Waals surface area contributed by atoms with E-state index >= 15 is 0 Å². The van der Waals surface area contributed by atoms with E-state index < -0.39 is 17.6 Å². The molecule has 1 atom stereocenters. The Bertz CT molecular complexity index is 398. The van der Waals surface area contributed by atoms with E-state index in [1.807, 2.05) is 0 Å². The highest BCUT2D eigenvalue weighted by molar-refractivity contribution is 6.03. The van der Waals surface area contributed by atoms with Crippen LogP contribution in [-0.4, -0.2) is 33.8 Å². The summed E-state index contributed by atoms with van der Waals surface area (Å²) < 4.78 is 5.00. The molecule has 1 aromatic rings. The van der Waals surface area contributed by atoms with Crippen molar-refractivity contribution in [3.05, 3.63) is 17.7 Å². The normalized spacial score (nSPS) is 20.1. The Morgan fingerprint density at radius 1 is 1.29 bits per heavy atom. The molecule has 1 heterocycles. The van der Waals surface area contributed by atoms with Crippen molar-refractivity contribution in [1.82, 2.24) is 0 Å². The molecule has 0 spiro atoms. The SMILES string of the molecule is O=C1c2cc(O)c(O)cc2OCC1O. The minimum absolute atomic E-state index is 0.0825. The maximum absolute atomic E-state index is 11.4. The number of aliphatic hydroxyl groups excluding tert-OH is 1. The summed E-state index contributed by atoms with van der Waals surface area (Å²) in [5.41, 5.74) is 0.0825. The number of phenolic OH excluding ortho intramolecular Hbond substituents is 2. The maximum Gasteiger partial charge on any atom is 0.198 e. The number of carbonyl (C=O) groups excluding carboxylic acids is 1. The van der Waals surface area contributed by atoms with Crippen molar-refractivity contribution in [2.75, 3.05) is 6.61 Å². The maximum atomic E-state index is 11.4. The Morgan fingerprint density at radius 3 is 2.64 bits per heavy atom. The lowest BCUT2D eigenvalue weighted by molar-refractivity contribution is 0.0557. The molecule has 5 heteroatoms. The van der Waals surface area contributed by atoms with Gasteiger partial charge in [0.25, 0.3) is 0 Å². The first kappa shape index (κ1) is 8.83. The van der Waals surface area contributed by atoms with Crippen LogP contribution >= 0.6 is 0 Å². The highest BCUT2D eigenvalue weighted by atomic mass is 16.5. The van der Waals surface area contributed by atoms with Gasteiger partial charge in [-0.2, -0.15) is 0 Å². The van der Waals surface area contributed by atoms with Crippen LogP contribution in [0.4, 0.5) is 0 Å². The van der Waals surface area contributed by atoms with E-state index in [1.54, 1.807) is 0 Å². The molecule has 1 aliphatic rings. The molecule has 0 aromatic heterocycles. The fourth-order valence-corrected chi connectivity index (χ4v) is 1.29. The molecule has 1 aliphatic heterocycles. The molecular formula is C9H8O5. The molecule has 74 valence electrons. The molecule has 0 amide bonds. The number of ketones is 1. The lowest BCUT2D eigenvalue weighted by Crippen LogP contribution is -2.32. The van der Waals surface area contributed by atoms with Crippen molar-refractivity contribution in [3.63, 3.8) is 0 Å². The van der Waals surface area contributed by atoms with E-state index in [2.05, 4.69) is 0 Å². The van der Waals surface area contributed by atoms with Gasteiger partial charge in [-0.25, -0.2) is 0 Å². The monoisotopic (exact) mass is 196 g/mol. The number of aliphatic hydroxyl groups is 1. The summed E-state index contributed by atoms with van der Waals surface area (Å²) in [6.45, 7) is -0.129. The summed E-state index contributed by atoms with van der Waals surface area (Å²) in [7, 11) is 0. The first-order valence-corrected chi connectivity index (χ1v) is 4.00. The molecule has 0 saturated carbocycles. The molecule has 2 rings (SSSR count). The minimum Gasteiger partial charge on any atom is -0.504 e. The van der Waals surface area contributed by atoms with Gasteiger partial charge < -0.3 is 20.1 Å². The lowest BCUT2D eigenvalue weighted by atomic mass is 10.0. The number of rotatable bonds is 0. The highest BCUT2D eigenvalue weighted by Gasteiger charge is 2.28. The third kappa shape index (κ3) is 1.18.